The summed E-state index contributed by atoms with van der Waals surface area (Å²) >= 11 is 0. The Morgan fingerprint density at radius 1 is 1.21 bits per heavy atom. The van der Waals surface area contributed by atoms with Crippen LogP contribution in [-0.4, -0.2) is 31.5 Å². The quantitative estimate of drug-likeness (QED) is 0.271. The molecule has 29 heavy (non-hydrogen) atoms. The lowest BCUT2D eigenvalue weighted by Crippen LogP contribution is -2.15. The number of nitrogens with zero attached hydrogens (tertiary/aromatic N) is 1. The van der Waals surface area contributed by atoms with E-state index in [4.69, 9.17) is 9.29 Å². The van der Waals surface area contributed by atoms with Crippen LogP contribution in [-0.2, 0) is 19.6 Å². The topological polar surface area (TPSA) is 146 Å². The number of benzene rings is 2. The highest BCUT2D eigenvalue weighted by molar-refractivity contribution is 7.85. The Morgan fingerprint density at radius 2 is 1.93 bits per heavy atom. The van der Waals surface area contributed by atoms with Gasteiger partial charge in [-0.25, -0.2) is 4.79 Å². The number of hydrogen-bond donors (Lipinski definition) is 3. The van der Waals surface area contributed by atoms with Gasteiger partial charge in [-0.15, -0.1) is 0 Å². The molecule has 0 heterocycles. The van der Waals surface area contributed by atoms with Gasteiger partial charge in [-0.05, 0) is 37.3 Å². The SMILES string of the molecule is CCOC(=O)c1ccccc1N/C=C(/C#N)C(=O)Nc1cccc(S(=O)(=O)O)c1. The van der Waals surface area contributed by atoms with Crippen LogP contribution in [0.3, 0.4) is 0 Å². The number of hydrogen-bond acceptors (Lipinski definition) is 7. The van der Waals surface area contributed by atoms with Crippen molar-refractivity contribution >= 4 is 33.4 Å². The molecule has 0 aliphatic rings. The highest BCUT2D eigenvalue weighted by Gasteiger charge is 2.15. The maximum atomic E-state index is 12.3. The number of esters is 1. The first-order chi connectivity index (χ1) is 13.8. The minimum absolute atomic E-state index is 0.0678. The summed E-state index contributed by atoms with van der Waals surface area (Å²) in [6.07, 6.45) is 1.11. The van der Waals surface area contributed by atoms with Gasteiger partial charge in [0, 0.05) is 11.9 Å². The van der Waals surface area contributed by atoms with Crippen molar-refractivity contribution in [2.45, 2.75) is 11.8 Å². The highest BCUT2D eigenvalue weighted by Crippen LogP contribution is 2.18. The zero-order valence-corrected chi connectivity index (χ0v) is 16.1. The van der Waals surface area contributed by atoms with Crippen LogP contribution in [0.4, 0.5) is 11.4 Å². The first-order valence-electron chi connectivity index (χ1n) is 8.28. The lowest BCUT2D eigenvalue weighted by molar-refractivity contribution is -0.112. The number of amides is 1. The van der Waals surface area contributed by atoms with E-state index in [0.717, 1.165) is 18.3 Å². The van der Waals surface area contributed by atoms with E-state index in [1.165, 1.54) is 18.2 Å². The molecule has 0 aliphatic carbocycles. The molecule has 0 atom stereocenters. The zero-order chi connectivity index (χ0) is 21.4. The van der Waals surface area contributed by atoms with Crippen LogP contribution in [0.25, 0.3) is 0 Å². The number of nitrogens with one attached hydrogen (secondary N) is 2. The molecule has 150 valence electrons. The summed E-state index contributed by atoms with van der Waals surface area (Å²) in [5, 5.41) is 14.3. The lowest BCUT2D eigenvalue weighted by Gasteiger charge is -2.09. The summed E-state index contributed by atoms with van der Waals surface area (Å²) in [6, 6.07) is 13.0. The van der Waals surface area contributed by atoms with Gasteiger partial charge in [0.05, 0.1) is 22.8 Å². The second-order valence-electron chi connectivity index (χ2n) is 5.54. The molecule has 2 aromatic carbocycles. The normalized spacial score (nSPS) is 11.3. The third-order valence-corrected chi connectivity index (χ3v) is 4.40. The minimum Gasteiger partial charge on any atom is -0.462 e. The second-order valence-corrected chi connectivity index (χ2v) is 6.96. The van der Waals surface area contributed by atoms with Gasteiger partial charge in [0.25, 0.3) is 16.0 Å². The molecule has 2 rings (SSSR count). The first kappa shape index (κ1) is 21.6. The van der Waals surface area contributed by atoms with Gasteiger partial charge in [0.1, 0.15) is 11.6 Å². The number of carbonyl (C=O) groups excluding carboxylic acids is 2. The van der Waals surface area contributed by atoms with Gasteiger partial charge in [-0.1, -0.05) is 18.2 Å². The average Bonchev–Trinajstić information content (AvgIpc) is 2.68. The van der Waals surface area contributed by atoms with E-state index >= 15 is 0 Å². The zero-order valence-electron chi connectivity index (χ0n) is 15.2. The van der Waals surface area contributed by atoms with Crippen LogP contribution >= 0.6 is 0 Å². The molecule has 0 saturated heterocycles. The Morgan fingerprint density at radius 3 is 2.59 bits per heavy atom. The van der Waals surface area contributed by atoms with Crippen molar-refractivity contribution in [3.63, 3.8) is 0 Å². The molecule has 9 nitrogen and oxygen atoms in total. The van der Waals surface area contributed by atoms with E-state index in [0.29, 0.717) is 5.69 Å². The number of nitriles is 1. The molecule has 0 aliphatic heterocycles. The number of carbonyl (C=O) groups is 2. The Hall–Kier alpha value is -3.68. The molecule has 0 bridgehead atoms. The molecule has 0 radical (unpaired) electrons. The van der Waals surface area contributed by atoms with Crippen LogP contribution < -0.4 is 10.6 Å². The van der Waals surface area contributed by atoms with Crippen molar-refractivity contribution in [1.29, 1.82) is 5.26 Å². The second kappa shape index (κ2) is 9.50. The summed E-state index contributed by atoms with van der Waals surface area (Å²) in [5.41, 5.74) is 0.295. The van der Waals surface area contributed by atoms with Gasteiger partial charge in [-0.2, -0.15) is 13.7 Å². The maximum Gasteiger partial charge on any atom is 0.340 e. The van der Waals surface area contributed by atoms with Crippen LogP contribution in [0.15, 0.2) is 65.2 Å². The Balaban J connectivity index is 2.20. The standard InChI is InChI=1S/C19H17N3O6S/c1-2-28-19(24)16-8-3-4-9-17(16)21-12-13(11-20)18(23)22-14-6-5-7-15(10-14)29(25,26)27/h3-10,12,21H,2H2,1H3,(H,22,23)(H,25,26,27)/b13-12-. The molecule has 2 aromatic rings. The lowest BCUT2D eigenvalue weighted by atomic mass is 10.1. The highest BCUT2D eigenvalue weighted by atomic mass is 32.2. The third-order valence-electron chi connectivity index (χ3n) is 3.55. The van der Waals surface area contributed by atoms with E-state index < -0.39 is 26.9 Å². The van der Waals surface area contributed by atoms with Crippen LogP contribution in [0, 0.1) is 11.3 Å². The van der Waals surface area contributed by atoms with Gasteiger partial charge >= 0.3 is 5.97 Å². The van der Waals surface area contributed by atoms with Crippen molar-refractivity contribution in [3.8, 4) is 6.07 Å². The van der Waals surface area contributed by atoms with Crippen molar-refractivity contribution in [1.82, 2.24) is 0 Å². The number of rotatable bonds is 7. The predicted molar refractivity (Wildman–Crippen MR) is 105 cm³/mol. The fraction of sp³-hybridized carbons (Fsp3) is 0.105. The van der Waals surface area contributed by atoms with Gasteiger partial charge in [0.2, 0.25) is 0 Å². The Bertz CT molecular complexity index is 1100. The Labute approximate surface area is 167 Å². The smallest absolute Gasteiger partial charge is 0.340 e. The van der Waals surface area contributed by atoms with E-state index in [-0.39, 0.29) is 23.4 Å². The van der Waals surface area contributed by atoms with Crippen molar-refractivity contribution < 1.29 is 27.3 Å². The van der Waals surface area contributed by atoms with Crippen LogP contribution in [0.1, 0.15) is 17.3 Å². The summed E-state index contributed by atoms with van der Waals surface area (Å²) < 4.78 is 36.4. The van der Waals surface area contributed by atoms with E-state index in [9.17, 15) is 23.3 Å². The third kappa shape index (κ3) is 5.90. The van der Waals surface area contributed by atoms with Crippen LogP contribution in [0.5, 0.6) is 0 Å². The van der Waals surface area contributed by atoms with Crippen molar-refractivity contribution in [2.24, 2.45) is 0 Å². The van der Waals surface area contributed by atoms with E-state index in [1.807, 2.05) is 0 Å². The summed E-state index contributed by atoms with van der Waals surface area (Å²) in [6.45, 7) is 1.86. The van der Waals surface area contributed by atoms with Gasteiger partial charge in [0.15, 0.2) is 0 Å². The molecule has 0 aromatic heterocycles. The van der Waals surface area contributed by atoms with E-state index in [1.54, 1.807) is 31.2 Å². The van der Waals surface area contributed by atoms with Crippen molar-refractivity contribution in [2.75, 3.05) is 17.2 Å². The molecule has 0 spiro atoms. The Kier molecular flexibility index (Phi) is 7.08. The number of ether oxygens (including phenoxy) is 1. The molecular weight excluding hydrogens is 398 g/mol. The number of para-hydroxylation sites is 1. The molecule has 1 amide bonds. The summed E-state index contributed by atoms with van der Waals surface area (Å²) in [5.74, 6) is -1.38. The molecule has 10 heteroatoms. The number of anilines is 2. The molecule has 0 fully saturated rings. The predicted octanol–water partition coefficient (Wildman–Crippen LogP) is 2.57. The molecule has 3 N–H and O–H groups in total. The van der Waals surface area contributed by atoms with Gasteiger partial charge in [-0.3, -0.25) is 9.35 Å². The molecule has 0 unspecified atom stereocenters. The van der Waals surface area contributed by atoms with Crippen molar-refractivity contribution in [3.05, 3.63) is 65.9 Å². The van der Waals surface area contributed by atoms with E-state index in [2.05, 4.69) is 10.6 Å². The largest absolute Gasteiger partial charge is 0.462 e. The fourth-order valence-electron chi connectivity index (χ4n) is 2.23. The van der Waals surface area contributed by atoms with Gasteiger partial charge < -0.3 is 15.4 Å². The maximum absolute atomic E-state index is 12.3. The summed E-state index contributed by atoms with van der Waals surface area (Å²) in [4.78, 5) is 23.9. The summed E-state index contributed by atoms with van der Waals surface area (Å²) in [7, 11) is -4.44. The molecular formula is C19H17N3O6S. The fourth-order valence-corrected chi connectivity index (χ4v) is 2.75. The van der Waals surface area contributed by atoms with Crippen LogP contribution in [0.2, 0.25) is 0 Å². The molecule has 0 saturated carbocycles. The average molecular weight is 415 g/mol. The minimum atomic E-state index is -4.44. The first-order valence-corrected chi connectivity index (χ1v) is 9.72. The monoisotopic (exact) mass is 415 g/mol.